The quantitative estimate of drug-likeness (QED) is 0.532. The van der Waals surface area contributed by atoms with Crippen LogP contribution in [0.3, 0.4) is 0 Å². The number of hydrogen-bond acceptors (Lipinski definition) is 3. The second kappa shape index (κ2) is 7.36. The fourth-order valence-corrected chi connectivity index (χ4v) is 3.65. The van der Waals surface area contributed by atoms with E-state index >= 15 is 0 Å². The third-order valence-electron chi connectivity index (χ3n) is 5.16. The van der Waals surface area contributed by atoms with Gasteiger partial charge in [-0.3, -0.25) is 4.79 Å². The Bertz CT molecular complexity index is 1180. The van der Waals surface area contributed by atoms with Crippen molar-refractivity contribution in [1.82, 2.24) is 0 Å². The first-order valence-corrected chi connectivity index (χ1v) is 9.42. The number of carbonyl (C=O) groups is 1. The van der Waals surface area contributed by atoms with Gasteiger partial charge in [-0.25, -0.2) is 0 Å². The number of allylic oxidation sites excluding steroid dienone is 7. The molecule has 0 amide bonds. The molecule has 0 fully saturated rings. The number of nitrogens with one attached hydrogen (secondary N) is 1. The summed E-state index contributed by atoms with van der Waals surface area (Å²) in [5, 5.41) is 8.06. The molecule has 0 aromatic heterocycles. The third-order valence-corrected chi connectivity index (χ3v) is 5.16. The number of esters is 1. The van der Waals surface area contributed by atoms with Crippen molar-refractivity contribution >= 4 is 28.9 Å². The Morgan fingerprint density at radius 2 is 1.86 bits per heavy atom. The molecular weight excluding hydrogens is 358 g/mol. The Morgan fingerprint density at radius 1 is 1.10 bits per heavy atom. The summed E-state index contributed by atoms with van der Waals surface area (Å²) < 4.78 is 5.40. The summed E-state index contributed by atoms with van der Waals surface area (Å²) in [4.78, 5) is 11.8. The second-order valence-corrected chi connectivity index (χ2v) is 7.19. The lowest BCUT2D eigenvalue weighted by molar-refractivity contribution is -0.133. The van der Waals surface area contributed by atoms with Crippen LogP contribution in [0.5, 0.6) is 5.75 Å². The number of aryl methyl sites for hydroxylation is 1. The van der Waals surface area contributed by atoms with Gasteiger partial charge >= 0.3 is 5.97 Å². The fourth-order valence-electron chi connectivity index (χ4n) is 3.65. The Balaban J connectivity index is 1.84. The predicted molar refractivity (Wildman–Crippen MR) is 119 cm³/mol. The molecule has 0 radical (unpaired) electrons. The van der Waals surface area contributed by atoms with E-state index < -0.39 is 5.97 Å². The Labute approximate surface area is 170 Å². The standard InChI is InChI=1S/C26H21NO2/c1-4-18-8-9-19(13-17(18)3)23-12-16(2)6-5-7-21(23)20-10-11-22-24(27)15-26(28)29-25(22)14-20/h4-14,27H,1-2,15H2,3H3. The predicted octanol–water partition coefficient (Wildman–Crippen LogP) is 5.91. The lowest BCUT2D eigenvalue weighted by Crippen LogP contribution is -2.21. The first kappa shape index (κ1) is 18.6. The highest BCUT2D eigenvalue weighted by molar-refractivity contribution is 6.13. The molecule has 1 heterocycles. The number of ether oxygens (including phenoxy) is 1. The van der Waals surface area contributed by atoms with Gasteiger partial charge in [0.15, 0.2) is 0 Å². The summed E-state index contributed by atoms with van der Waals surface area (Å²) in [5.74, 6) is 0.0448. The molecule has 2 aromatic rings. The molecule has 0 unspecified atom stereocenters. The van der Waals surface area contributed by atoms with Gasteiger partial charge in [0.2, 0.25) is 0 Å². The van der Waals surface area contributed by atoms with Crippen molar-refractivity contribution < 1.29 is 9.53 Å². The Kier molecular flexibility index (Phi) is 4.73. The summed E-state index contributed by atoms with van der Waals surface area (Å²) >= 11 is 0. The van der Waals surface area contributed by atoms with Crippen LogP contribution in [0.2, 0.25) is 0 Å². The molecule has 0 spiro atoms. The van der Waals surface area contributed by atoms with E-state index in [0.29, 0.717) is 11.3 Å². The number of carbonyl (C=O) groups excluding carboxylic acids is 1. The molecule has 2 aromatic carbocycles. The number of benzene rings is 2. The third kappa shape index (κ3) is 3.55. The average Bonchev–Trinajstić information content (AvgIpc) is 2.88. The van der Waals surface area contributed by atoms with Gasteiger partial charge in [0, 0.05) is 5.56 Å². The van der Waals surface area contributed by atoms with Gasteiger partial charge in [0.1, 0.15) is 5.75 Å². The van der Waals surface area contributed by atoms with Crippen LogP contribution in [0.15, 0.2) is 79.4 Å². The van der Waals surface area contributed by atoms with Crippen molar-refractivity contribution in [2.45, 2.75) is 13.3 Å². The van der Waals surface area contributed by atoms with Gasteiger partial charge in [-0.2, -0.15) is 0 Å². The zero-order chi connectivity index (χ0) is 20.5. The minimum atomic E-state index is -0.394. The minimum absolute atomic E-state index is 0.0116. The van der Waals surface area contributed by atoms with E-state index in [9.17, 15) is 4.79 Å². The number of rotatable bonds is 3. The summed E-state index contributed by atoms with van der Waals surface area (Å²) in [6.45, 7) is 10.0. The van der Waals surface area contributed by atoms with E-state index in [0.717, 1.165) is 39.0 Å². The van der Waals surface area contributed by atoms with Crippen LogP contribution in [0.25, 0.3) is 17.2 Å². The van der Waals surface area contributed by atoms with E-state index in [1.54, 1.807) is 0 Å². The fraction of sp³-hybridized carbons (Fsp3) is 0.0769. The van der Waals surface area contributed by atoms with Crippen LogP contribution in [0.1, 0.15) is 34.2 Å². The zero-order valence-electron chi connectivity index (χ0n) is 16.3. The molecule has 1 aliphatic heterocycles. The molecule has 0 saturated heterocycles. The smallest absolute Gasteiger partial charge is 0.317 e. The van der Waals surface area contributed by atoms with Gasteiger partial charge in [-0.1, -0.05) is 61.7 Å². The topological polar surface area (TPSA) is 50.2 Å². The molecule has 0 atom stereocenters. The number of hydrogen-bond donors (Lipinski definition) is 1. The molecule has 3 heteroatoms. The van der Waals surface area contributed by atoms with E-state index in [1.165, 1.54) is 0 Å². The average molecular weight is 379 g/mol. The first-order valence-electron chi connectivity index (χ1n) is 9.42. The SMILES string of the molecule is C=Cc1ccc(C2=CC(=C)C=CC=C2c2ccc3c(c2)OC(=O)CC3=N)cc1C. The maximum atomic E-state index is 11.8. The largest absolute Gasteiger partial charge is 0.426 e. The second-order valence-electron chi connectivity index (χ2n) is 7.19. The normalized spacial score (nSPS) is 15.8. The molecule has 3 nitrogen and oxygen atoms in total. The maximum absolute atomic E-state index is 11.8. The summed E-state index contributed by atoms with van der Waals surface area (Å²) in [5.41, 5.74) is 8.14. The lowest BCUT2D eigenvalue weighted by Gasteiger charge is -2.19. The van der Waals surface area contributed by atoms with Crippen LogP contribution in [-0.2, 0) is 4.79 Å². The van der Waals surface area contributed by atoms with Crippen molar-refractivity contribution in [1.29, 1.82) is 5.41 Å². The molecule has 1 aliphatic carbocycles. The first-order chi connectivity index (χ1) is 14.0. The van der Waals surface area contributed by atoms with Crippen LogP contribution in [0.4, 0.5) is 0 Å². The van der Waals surface area contributed by atoms with Gasteiger partial charge in [0.25, 0.3) is 0 Å². The zero-order valence-corrected chi connectivity index (χ0v) is 16.3. The highest BCUT2D eigenvalue weighted by Crippen LogP contribution is 2.37. The highest BCUT2D eigenvalue weighted by Gasteiger charge is 2.23. The van der Waals surface area contributed by atoms with E-state index in [1.807, 2.05) is 42.5 Å². The lowest BCUT2D eigenvalue weighted by atomic mass is 9.89. The summed E-state index contributed by atoms with van der Waals surface area (Å²) in [6.07, 6.45) is 9.90. The van der Waals surface area contributed by atoms with Crippen molar-refractivity contribution in [3.8, 4) is 5.75 Å². The molecule has 0 bridgehead atoms. The van der Waals surface area contributed by atoms with Crippen LogP contribution in [0, 0.1) is 12.3 Å². The molecule has 4 rings (SSSR count). The van der Waals surface area contributed by atoms with Crippen molar-refractivity contribution in [2.24, 2.45) is 0 Å². The molecule has 142 valence electrons. The summed E-state index contributed by atoms with van der Waals surface area (Å²) in [6, 6.07) is 12.0. The van der Waals surface area contributed by atoms with Gasteiger partial charge in [0.05, 0.1) is 12.1 Å². The van der Waals surface area contributed by atoms with Crippen molar-refractivity contribution in [2.75, 3.05) is 0 Å². The van der Waals surface area contributed by atoms with Gasteiger partial charge in [-0.05, 0) is 64.1 Å². The van der Waals surface area contributed by atoms with Gasteiger partial charge in [-0.15, -0.1) is 0 Å². The Hall–Kier alpha value is -3.72. The Morgan fingerprint density at radius 3 is 2.62 bits per heavy atom. The minimum Gasteiger partial charge on any atom is -0.426 e. The van der Waals surface area contributed by atoms with Crippen LogP contribution >= 0.6 is 0 Å². The molecular formula is C26H21NO2. The van der Waals surface area contributed by atoms with Gasteiger partial charge < -0.3 is 10.1 Å². The molecule has 0 saturated carbocycles. The van der Waals surface area contributed by atoms with E-state index in [4.69, 9.17) is 10.1 Å². The van der Waals surface area contributed by atoms with E-state index in [2.05, 4.69) is 44.4 Å². The van der Waals surface area contributed by atoms with Crippen LogP contribution in [-0.4, -0.2) is 11.7 Å². The highest BCUT2D eigenvalue weighted by atomic mass is 16.5. The summed E-state index contributed by atoms with van der Waals surface area (Å²) in [7, 11) is 0. The van der Waals surface area contributed by atoms with E-state index in [-0.39, 0.29) is 12.1 Å². The monoisotopic (exact) mass is 379 g/mol. The maximum Gasteiger partial charge on any atom is 0.317 e. The van der Waals surface area contributed by atoms with Crippen molar-refractivity contribution in [3.05, 3.63) is 107 Å². The van der Waals surface area contributed by atoms with Crippen molar-refractivity contribution in [3.63, 3.8) is 0 Å². The number of fused-ring (bicyclic) bond motifs is 1. The molecule has 2 aliphatic rings. The molecule has 1 N–H and O–H groups in total. The molecule has 29 heavy (non-hydrogen) atoms. The van der Waals surface area contributed by atoms with Crippen LogP contribution < -0.4 is 4.74 Å².